The van der Waals surface area contributed by atoms with Gasteiger partial charge in [-0.05, 0) is 6.07 Å². The van der Waals surface area contributed by atoms with Gasteiger partial charge in [0.25, 0.3) is 0 Å². The zero-order chi connectivity index (χ0) is 18.5. The zero-order valence-electron chi connectivity index (χ0n) is 15.4. The lowest BCUT2D eigenvalue weighted by atomic mass is 10.0. The molecule has 28 heavy (non-hydrogen) atoms. The molecule has 2 aromatic carbocycles. The molecular weight excluding hydrogens is 483 g/mol. The molecule has 0 saturated heterocycles. The predicted molar refractivity (Wildman–Crippen MR) is 126 cm³/mol. The van der Waals surface area contributed by atoms with E-state index in [-0.39, 0.29) is 30.0 Å². The minimum Gasteiger partial charge on any atom is -0.493 e. The van der Waals surface area contributed by atoms with Gasteiger partial charge < -0.3 is 15.8 Å². The Morgan fingerprint density at radius 3 is 2.82 bits per heavy atom. The molecule has 146 valence electrons. The van der Waals surface area contributed by atoms with Crippen LogP contribution in [-0.4, -0.2) is 24.1 Å². The SMILES string of the molecule is I.NC(=NCCc1csc(-c2ccccc2)n1)NC1CCOc2ccccc21. The molecule has 4 rings (SSSR count). The van der Waals surface area contributed by atoms with Crippen molar-refractivity contribution >= 4 is 41.3 Å². The molecule has 1 aliphatic rings. The van der Waals surface area contributed by atoms with E-state index in [9.17, 15) is 0 Å². The van der Waals surface area contributed by atoms with Gasteiger partial charge in [-0.1, -0.05) is 48.5 Å². The molecular formula is C21H23IN4OS. The van der Waals surface area contributed by atoms with Crippen LogP contribution in [0.3, 0.4) is 0 Å². The molecule has 1 aliphatic heterocycles. The fourth-order valence-electron chi connectivity index (χ4n) is 3.14. The summed E-state index contributed by atoms with van der Waals surface area (Å²) in [6, 6.07) is 18.4. The van der Waals surface area contributed by atoms with E-state index in [1.54, 1.807) is 11.3 Å². The first-order valence-electron chi connectivity index (χ1n) is 9.07. The third-order valence-electron chi connectivity index (χ3n) is 4.50. The van der Waals surface area contributed by atoms with E-state index in [1.165, 1.54) is 0 Å². The Hall–Kier alpha value is -2.13. The smallest absolute Gasteiger partial charge is 0.189 e. The molecule has 0 saturated carbocycles. The summed E-state index contributed by atoms with van der Waals surface area (Å²) in [7, 11) is 0. The van der Waals surface area contributed by atoms with Gasteiger partial charge in [0.1, 0.15) is 10.8 Å². The van der Waals surface area contributed by atoms with Gasteiger partial charge in [0.15, 0.2) is 5.96 Å². The summed E-state index contributed by atoms with van der Waals surface area (Å²) in [6.45, 7) is 1.30. The molecule has 1 unspecified atom stereocenters. The highest BCUT2D eigenvalue weighted by Crippen LogP contribution is 2.31. The van der Waals surface area contributed by atoms with Crippen molar-refractivity contribution in [2.24, 2.45) is 10.7 Å². The van der Waals surface area contributed by atoms with E-state index in [4.69, 9.17) is 15.5 Å². The quantitative estimate of drug-likeness (QED) is 0.306. The highest BCUT2D eigenvalue weighted by molar-refractivity contribution is 14.0. The number of benzene rings is 2. The lowest BCUT2D eigenvalue weighted by Crippen LogP contribution is -2.37. The van der Waals surface area contributed by atoms with Crippen molar-refractivity contribution in [1.29, 1.82) is 0 Å². The van der Waals surface area contributed by atoms with Crippen LogP contribution in [0.5, 0.6) is 5.75 Å². The van der Waals surface area contributed by atoms with Crippen LogP contribution < -0.4 is 15.8 Å². The maximum atomic E-state index is 6.10. The topological polar surface area (TPSA) is 72.5 Å². The highest BCUT2D eigenvalue weighted by atomic mass is 127. The minimum absolute atomic E-state index is 0. The molecule has 0 fully saturated rings. The Balaban J connectivity index is 0.00000225. The number of hydrogen-bond donors (Lipinski definition) is 2. The molecule has 1 atom stereocenters. The van der Waals surface area contributed by atoms with Crippen molar-refractivity contribution in [2.75, 3.05) is 13.2 Å². The number of guanidine groups is 1. The fraction of sp³-hybridized carbons (Fsp3) is 0.238. The standard InChI is InChI=1S/C21H22N4OS.HI/c22-21(25-18-11-13-26-19-9-5-4-8-17(18)19)23-12-10-16-14-27-20(24-16)15-6-2-1-3-7-15;/h1-9,14,18H,10-13H2,(H3,22,23,25);1H. The molecule has 1 aromatic heterocycles. The molecule has 3 N–H and O–H groups in total. The number of thiazole rings is 1. The average molecular weight is 506 g/mol. The average Bonchev–Trinajstić information content (AvgIpc) is 3.18. The van der Waals surface area contributed by atoms with Crippen LogP contribution in [0.25, 0.3) is 10.6 Å². The van der Waals surface area contributed by atoms with Crippen molar-refractivity contribution < 1.29 is 4.74 Å². The van der Waals surface area contributed by atoms with Crippen LogP contribution in [0, 0.1) is 0 Å². The Kier molecular flexibility index (Phi) is 7.27. The lowest BCUT2D eigenvalue weighted by molar-refractivity contribution is 0.262. The molecule has 7 heteroatoms. The summed E-state index contributed by atoms with van der Waals surface area (Å²) >= 11 is 1.66. The largest absolute Gasteiger partial charge is 0.493 e. The second kappa shape index (κ2) is 9.88. The second-order valence-corrected chi connectivity index (χ2v) is 7.26. The van der Waals surface area contributed by atoms with Crippen LogP contribution in [0.2, 0.25) is 0 Å². The maximum absolute atomic E-state index is 6.10. The number of ether oxygens (including phenoxy) is 1. The molecule has 0 amide bonds. The van der Waals surface area contributed by atoms with Gasteiger partial charge in [-0.15, -0.1) is 35.3 Å². The number of aliphatic imine (C=N–C) groups is 1. The Labute approximate surface area is 186 Å². The Morgan fingerprint density at radius 2 is 1.96 bits per heavy atom. The van der Waals surface area contributed by atoms with Crippen LogP contribution in [0.15, 0.2) is 65.0 Å². The van der Waals surface area contributed by atoms with Gasteiger partial charge in [-0.25, -0.2) is 4.98 Å². The Morgan fingerprint density at radius 1 is 1.18 bits per heavy atom. The lowest BCUT2D eigenvalue weighted by Gasteiger charge is -2.26. The third-order valence-corrected chi connectivity index (χ3v) is 5.44. The number of nitrogens with two attached hydrogens (primary N) is 1. The van der Waals surface area contributed by atoms with Crippen LogP contribution in [-0.2, 0) is 6.42 Å². The molecule has 0 spiro atoms. The second-order valence-electron chi connectivity index (χ2n) is 6.40. The van der Waals surface area contributed by atoms with Gasteiger partial charge in [0.05, 0.1) is 18.3 Å². The molecule has 5 nitrogen and oxygen atoms in total. The van der Waals surface area contributed by atoms with E-state index in [0.29, 0.717) is 19.1 Å². The zero-order valence-corrected chi connectivity index (χ0v) is 18.5. The first-order chi connectivity index (χ1) is 13.3. The van der Waals surface area contributed by atoms with Crippen molar-refractivity contribution in [3.05, 3.63) is 71.2 Å². The van der Waals surface area contributed by atoms with E-state index in [0.717, 1.165) is 40.4 Å². The van der Waals surface area contributed by atoms with Gasteiger partial charge >= 0.3 is 0 Å². The summed E-state index contributed by atoms with van der Waals surface area (Å²) in [5, 5.41) is 6.46. The van der Waals surface area contributed by atoms with Crippen molar-refractivity contribution in [3.63, 3.8) is 0 Å². The van der Waals surface area contributed by atoms with Gasteiger partial charge in [0.2, 0.25) is 0 Å². The van der Waals surface area contributed by atoms with E-state index < -0.39 is 0 Å². The van der Waals surface area contributed by atoms with Gasteiger partial charge in [-0.3, -0.25) is 4.99 Å². The van der Waals surface area contributed by atoms with Crippen LogP contribution >= 0.6 is 35.3 Å². The van der Waals surface area contributed by atoms with Crippen LogP contribution in [0.1, 0.15) is 23.7 Å². The summed E-state index contributed by atoms with van der Waals surface area (Å²) in [5.41, 5.74) is 9.43. The normalized spacial score (nSPS) is 15.9. The number of nitrogens with one attached hydrogen (secondary N) is 1. The summed E-state index contributed by atoms with van der Waals surface area (Å²) in [5.74, 6) is 1.39. The summed E-state index contributed by atoms with van der Waals surface area (Å²) in [4.78, 5) is 9.17. The molecule has 2 heterocycles. The number of halogens is 1. The third kappa shape index (κ3) is 5.02. The number of hydrogen-bond acceptors (Lipinski definition) is 4. The molecule has 0 aliphatic carbocycles. The monoisotopic (exact) mass is 506 g/mol. The number of nitrogens with zero attached hydrogens (tertiary/aromatic N) is 2. The van der Waals surface area contributed by atoms with E-state index >= 15 is 0 Å². The summed E-state index contributed by atoms with van der Waals surface area (Å²) < 4.78 is 5.69. The molecule has 3 aromatic rings. The first-order valence-corrected chi connectivity index (χ1v) is 9.95. The highest BCUT2D eigenvalue weighted by Gasteiger charge is 2.21. The van der Waals surface area contributed by atoms with Crippen molar-refractivity contribution in [2.45, 2.75) is 18.9 Å². The van der Waals surface area contributed by atoms with Crippen molar-refractivity contribution in [3.8, 4) is 16.3 Å². The number of rotatable bonds is 5. The first kappa shape index (κ1) is 20.6. The number of aromatic nitrogens is 1. The summed E-state index contributed by atoms with van der Waals surface area (Å²) in [6.07, 6.45) is 1.65. The van der Waals surface area contributed by atoms with Crippen molar-refractivity contribution in [1.82, 2.24) is 10.3 Å². The number of para-hydroxylation sites is 1. The molecule has 0 bridgehead atoms. The fourth-order valence-corrected chi connectivity index (χ4v) is 4.00. The van der Waals surface area contributed by atoms with Gasteiger partial charge in [0, 0.05) is 35.9 Å². The number of fused-ring (bicyclic) bond motifs is 1. The minimum atomic E-state index is 0. The van der Waals surface area contributed by atoms with Gasteiger partial charge in [-0.2, -0.15) is 0 Å². The predicted octanol–water partition coefficient (Wildman–Crippen LogP) is 4.40. The van der Waals surface area contributed by atoms with E-state index in [1.807, 2.05) is 36.4 Å². The van der Waals surface area contributed by atoms with E-state index in [2.05, 4.69) is 33.9 Å². The van der Waals surface area contributed by atoms with Crippen LogP contribution in [0.4, 0.5) is 0 Å². The Bertz CT molecular complexity index is 929. The molecule has 0 radical (unpaired) electrons. The maximum Gasteiger partial charge on any atom is 0.189 e.